The molecule has 1 aromatic carbocycles. The molecular weight excluding hydrogens is 307 g/mol. The van der Waals surface area contributed by atoms with Crippen molar-refractivity contribution in [1.29, 1.82) is 0 Å². The molecule has 0 radical (unpaired) electrons. The Kier molecular flexibility index (Phi) is 4.21. The third kappa shape index (κ3) is 3.97. The van der Waals surface area contributed by atoms with Crippen LogP contribution in [0.25, 0.3) is 10.2 Å². The van der Waals surface area contributed by atoms with Crippen molar-refractivity contribution in [2.75, 3.05) is 18.2 Å². The van der Waals surface area contributed by atoms with Gasteiger partial charge < -0.3 is 15.8 Å². The molecular formula is C12H12F3N3O2S. The monoisotopic (exact) mass is 319 g/mol. The minimum absolute atomic E-state index is 0.209. The molecule has 5 nitrogen and oxygen atoms in total. The zero-order chi connectivity index (χ0) is 15.6. The molecule has 0 unspecified atom stereocenters. The molecule has 0 aliphatic rings. The number of nitrogens with one attached hydrogen (secondary N) is 1. The number of ether oxygens (including phenoxy) is 1. The molecule has 0 saturated heterocycles. The van der Waals surface area contributed by atoms with Crippen molar-refractivity contribution in [3.63, 3.8) is 0 Å². The lowest BCUT2D eigenvalue weighted by Crippen LogP contribution is -2.16. The number of hydrogen-bond donors (Lipinski definition) is 2. The number of rotatable bonds is 4. The van der Waals surface area contributed by atoms with Crippen molar-refractivity contribution >= 4 is 38.3 Å². The molecule has 0 atom stereocenters. The van der Waals surface area contributed by atoms with Crippen molar-refractivity contribution in [2.24, 2.45) is 0 Å². The first-order chi connectivity index (χ1) is 9.78. The molecule has 114 valence electrons. The number of halogens is 3. The molecule has 2 aromatic rings. The predicted octanol–water partition coefficient (Wildman–Crippen LogP) is 3.17. The van der Waals surface area contributed by atoms with Gasteiger partial charge in [0.1, 0.15) is 11.3 Å². The third-order valence-electron chi connectivity index (χ3n) is 2.58. The Balaban J connectivity index is 2.14. The normalized spacial score (nSPS) is 11.6. The Morgan fingerprint density at radius 3 is 2.81 bits per heavy atom. The number of fused-ring (bicyclic) bond motifs is 1. The van der Waals surface area contributed by atoms with Crippen molar-refractivity contribution in [3.8, 4) is 5.75 Å². The first-order valence-electron chi connectivity index (χ1n) is 5.89. The molecule has 0 aliphatic carbocycles. The number of thiazole rings is 1. The minimum Gasteiger partial charge on any atom is -0.494 e. The second-order valence-electron chi connectivity index (χ2n) is 4.25. The smallest absolute Gasteiger partial charge is 0.389 e. The molecule has 0 saturated carbocycles. The highest BCUT2D eigenvalue weighted by atomic mass is 32.1. The van der Waals surface area contributed by atoms with Gasteiger partial charge in [-0.2, -0.15) is 13.2 Å². The van der Waals surface area contributed by atoms with Crippen LogP contribution in [0, 0.1) is 0 Å². The predicted molar refractivity (Wildman–Crippen MR) is 74.5 cm³/mol. The minimum atomic E-state index is -4.36. The molecule has 1 heterocycles. The second kappa shape index (κ2) is 5.76. The highest BCUT2D eigenvalue weighted by Crippen LogP contribution is 2.34. The highest BCUT2D eigenvalue weighted by molar-refractivity contribution is 7.22. The van der Waals surface area contributed by atoms with Crippen LogP contribution in [0.2, 0.25) is 0 Å². The molecule has 0 aliphatic heterocycles. The van der Waals surface area contributed by atoms with Gasteiger partial charge in [0, 0.05) is 18.2 Å². The van der Waals surface area contributed by atoms with Gasteiger partial charge in [-0.05, 0) is 6.07 Å². The van der Waals surface area contributed by atoms with Crippen LogP contribution in [0.3, 0.4) is 0 Å². The van der Waals surface area contributed by atoms with Gasteiger partial charge in [-0.25, -0.2) is 4.98 Å². The van der Waals surface area contributed by atoms with Crippen LogP contribution in [0.4, 0.5) is 24.0 Å². The Bertz CT molecular complexity index is 670. The van der Waals surface area contributed by atoms with Gasteiger partial charge in [0.05, 0.1) is 18.2 Å². The Morgan fingerprint density at radius 1 is 1.48 bits per heavy atom. The standard InChI is InChI=1S/C12H12F3N3O2S/c1-20-7-4-6(16)5-8-10(7)18-11(21-8)17-9(19)2-3-12(13,14)15/h4-5H,2-3,16H2,1H3,(H,17,18,19). The van der Waals surface area contributed by atoms with Crippen LogP contribution < -0.4 is 15.8 Å². The Morgan fingerprint density at radius 2 is 2.19 bits per heavy atom. The molecule has 1 aromatic heterocycles. The maximum Gasteiger partial charge on any atom is 0.389 e. The van der Waals surface area contributed by atoms with E-state index in [0.29, 0.717) is 21.7 Å². The number of anilines is 2. The summed E-state index contributed by atoms with van der Waals surface area (Å²) in [6, 6.07) is 3.23. The molecule has 0 bridgehead atoms. The summed E-state index contributed by atoms with van der Waals surface area (Å²) in [5, 5.41) is 2.56. The van der Waals surface area contributed by atoms with Gasteiger partial charge in [-0.15, -0.1) is 0 Å². The lowest BCUT2D eigenvalue weighted by molar-refractivity contribution is -0.142. The molecule has 3 N–H and O–H groups in total. The summed E-state index contributed by atoms with van der Waals surface area (Å²) in [7, 11) is 1.45. The maximum absolute atomic E-state index is 12.0. The highest BCUT2D eigenvalue weighted by Gasteiger charge is 2.28. The van der Waals surface area contributed by atoms with Gasteiger partial charge in [-0.1, -0.05) is 11.3 Å². The number of hydrogen-bond acceptors (Lipinski definition) is 5. The first-order valence-corrected chi connectivity index (χ1v) is 6.71. The molecule has 0 spiro atoms. The van der Waals surface area contributed by atoms with Gasteiger partial charge in [0.2, 0.25) is 5.91 Å². The average molecular weight is 319 g/mol. The van der Waals surface area contributed by atoms with E-state index in [2.05, 4.69) is 10.3 Å². The van der Waals surface area contributed by atoms with E-state index in [4.69, 9.17) is 10.5 Å². The molecule has 2 rings (SSSR count). The number of amides is 1. The van der Waals surface area contributed by atoms with Crippen molar-refractivity contribution < 1.29 is 22.7 Å². The lowest BCUT2D eigenvalue weighted by Gasteiger charge is -2.05. The van der Waals surface area contributed by atoms with E-state index in [9.17, 15) is 18.0 Å². The summed E-state index contributed by atoms with van der Waals surface area (Å²) in [6.45, 7) is 0. The summed E-state index contributed by atoms with van der Waals surface area (Å²) in [5.74, 6) is -0.296. The Labute approximate surface area is 121 Å². The fourth-order valence-corrected chi connectivity index (χ4v) is 2.61. The van der Waals surface area contributed by atoms with Crippen LogP contribution in [0.5, 0.6) is 5.75 Å². The van der Waals surface area contributed by atoms with E-state index in [1.54, 1.807) is 12.1 Å². The topological polar surface area (TPSA) is 77.2 Å². The van der Waals surface area contributed by atoms with Gasteiger partial charge in [0.15, 0.2) is 5.13 Å². The molecule has 21 heavy (non-hydrogen) atoms. The number of nitrogens with two attached hydrogens (primary N) is 1. The summed E-state index contributed by atoms with van der Waals surface area (Å²) >= 11 is 1.12. The summed E-state index contributed by atoms with van der Waals surface area (Å²) < 4.78 is 41.9. The summed E-state index contributed by atoms with van der Waals surface area (Å²) in [5.41, 5.74) is 6.67. The first kappa shape index (κ1) is 15.4. The van der Waals surface area contributed by atoms with Gasteiger partial charge >= 0.3 is 6.18 Å². The number of carbonyl (C=O) groups excluding carboxylic acids is 1. The zero-order valence-electron chi connectivity index (χ0n) is 11.0. The van der Waals surface area contributed by atoms with E-state index < -0.39 is 24.9 Å². The van der Waals surface area contributed by atoms with Crippen LogP contribution in [0.1, 0.15) is 12.8 Å². The van der Waals surface area contributed by atoms with Gasteiger partial charge in [-0.3, -0.25) is 4.79 Å². The third-order valence-corrected chi connectivity index (χ3v) is 3.50. The number of benzene rings is 1. The van der Waals surface area contributed by atoms with E-state index >= 15 is 0 Å². The number of methoxy groups -OCH3 is 1. The molecule has 1 amide bonds. The Hall–Kier alpha value is -2.03. The number of carbonyl (C=O) groups is 1. The van der Waals surface area contributed by atoms with Crippen LogP contribution in [0.15, 0.2) is 12.1 Å². The molecule has 0 fully saturated rings. The fraction of sp³-hybridized carbons (Fsp3) is 0.333. The van der Waals surface area contributed by atoms with Crippen LogP contribution in [-0.2, 0) is 4.79 Å². The quantitative estimate of drug-likeness (QED) is 0.849. The van der Waals surface area contributed by atoms with Crippen molar-refractivity contribution in [1.82, 2.24) is 4.98 Å². The zero-order valence-corrected chi connectivity index (χ0v) is 11.8. The number of nitrogen functional groups attached to an aromatic ring is 1. The van der Waals surface area contributed by atoms with Crippen LogP contribution in [-0.4, -0.2) is 24.2 Å². The largest absolute Gasteiger partial charge is 0.494 e. The summed E-state index contributed by atoms with van der Waals surface area (Å²) in [6.07, 6.45) is -6.17. The number of nitrogens with zero attached hydrogens (tertiary/aromatic N) is 1. The second-order valence-corrected chi connectivity index (χ2v) is 5.28. The van der Waals surface area contributed by atoms with E-state index in [1.807, 2.05) is 0 Å². The SMILES string of the molecule is COc1cc(N)cc2sc(NC(=O)CCC(F)(F)F)nc12. The lowest BCUT2D eigenvalue weighted by atomic mass is 10.3. The van der Waals surface area contributed by atoms with Crippen molar-refractivity contribution in [3.05, 3.63) is 12.1 Å². The van der Waals surface area contributed by atoms with E-state index in [-0.39, 0.29) is 5.13 Å². The van der Waals surface area contributed by atoms with E-state index in [1.165, 1.54) is 7.11 Å². The van der Waals surface area contributed by atoms with Crippen LogP contribution >= 0.6 is 11.3 Å². The number of aromatic nitrogens is 1. The fourth-order valence-electron chi connectivity index (χ4n) is 1.67. The number of alkyl halides is 3. The average Bonchev–Trinajstić information content (AvgIpc) is 2.76. The van der Waals surface area contributed by atoms with Gasteiger partial charge in [0.25, 0.3) is 0 Å². The maximum atomic E-state index is 12.0. The van der Waals surface area contributed by atoms with Crippen molar-refractivity contribution in [2.45, 2.75) is 19.0 Å². The van der Waals surface area contributed by atoms with E-state index in [0.717, 1.165) is 11.3 Å². The summed E-state index contributed by atoms with van der Waals surface area (Å²) in [4.78, 5) is 15.6. The molecule has 9 heteroatoms.